The second-order valence-corrected chi connectivity index (χ2v) is 7.04. The van der Waals surface area contributed by atoms with E-state index in [4.69, 9.17) is 4.42 Å². The summed E-state index contributed by atoms with van der Waals surface area (Å²) >= 11 is 0. The van der Waals surface area contributed by atoms with Gasteiger partial charge >= 0.3 is 0 Å². The number of sulfonamides is 1. The summed E-state index contributed by atoms with van der Waals surface area (Å²) in [4.78, 5) is 12.1. The molecule has 0 saturated carbocycles. The van der Waals surface area contributed by atoms with Gasteiger partial charge in [0.15, 0.2) is 0 Å². The van der Waals surface area contributed by atoms with Gasteiger partial charge in [0, 0.05) is 5.56 Å². The maximum atomic E-state index is 12.1. The van der Waals surface area contributed by atoms with Crippen molar-refractivity contribution >= 4 is 15.9 Å². The van der Waals surface area contributed by atoms with Crippen molar-refractivity contribution in [1.82, 2.24) is 20.2 Å². The van der Waals surface area contributed by atoms with Gasteiger partial charge in [-0.15, -0.1) is 10.2 Å². The summed E-state index contributed by atoms with van der Waals surface area (Å²) < 4.78 is 32.0. The predicted molar refractivity (Wildman–Crippen MR) is 92.4 cm³/mol. The fourth-order valence-corrected chi connectivity index (χ4v) is 3.11. The summed E-state index contributed by atoms with van der Waals surface area (Å²) in [5.74, 6) is 0.0202. The van der Waals surface area contributed by atoms with Crippen LogP contribution in [0, 0.1) is 0 Å². The molecule has 0 bridgehead atoms. The molecule has 0 radical (unpaired) electrons. The van der Waals surface area contributed by atoms with Crippen LogP contribution in [0.15, 0.2) is 70.0 Å². The number of hydrogen-bond acceptors (Lipinski definition) is 6. The number of nitrogens with one attached hydrogen (secondary N) is 2. The summed E-state index contributed by atoms with van der Waals surface area (Å²) in [7, 11) is -3.66. The fourth-order valence-electron chi connectivity index (χ4n) is 2.12. The first-order chi connectivity index (χ1) is 12.5. The van der Waals surface area contributed by atoms with E-state index in [-0.39, 0.29) is 35.7 Å². The van der Waals surface area contributed by atoms with E-state index in [1.807, 2.05) is 6.07 Å². The number of carbonyl (C=O) groups is 1. The molecule has 8 nitrogen and oxygen atoms in total. The Hall–Kier alpha value is -3.04. The zero-order valence-electron chi connectivity index (χ0n) is 13.6. The number of rotatable bonds is 7. The maximum absolute atomic E-state index is 12.1. The molecule has 2 N–H and O–H groups in total. The van der Waals surface area contributed by atoms with Crippen LogP contribution in [0.4, 0.5) is 0 Å². The SMILES string of the molecule is O=C(NCc1nnc(CNS(=O)(=O)c2ccccc2)o1)c1ccccc1. The van der Waals surface area contributed by atoms with E-state index in [1.54, 1.807) is 42.5 Å². The lowest BCUT2D eigenvalue weighted by molar-refractivity contribution is 0.0947. The minimum atomic E-state index is -3.66. The van der Waals surface area contributed by atoms with Crippen LogP contribution in [0.1, 0.15) is 22.1 Å². The number of nitrogens with zero attached hydrogens (tertiary/aromatic N) is 2. The summed E-state index contributed by atoms with van der Waals surface area (Å²) in [6, 6.07) is 16.7. The molecule has 3 aromatic rings. The first kappa shape index (κ1) is 17.8. The first-order valence-electron chi connectivity index (χ1n) is 7.74. The molecule has 9 heteroatoms. The monoisotopic (exact) mass is 372 g/mol. The van der Waals surface area contributed by atoms with Crippen molar-refractivity contribution in [1.29, 1.82) is 0 Å². The molecular formula is C17H16N4O4S. The molecule has 3 rings (SSSR count). The predicted octanol–water partition coefficient (Wildman–Crippen LogP) is 1.48. The Bertz CT molecular complexity index is 972. The highest BCUT2D eigenvalue weighted by Gasteiger charge is 2.15. The standard InChI is InChI=1S/C17H16N4O4S/c22-17(13-7-3-1-4-8-13)18-11-15-20-21-16(25-15)12-19-26(23,24)14-9-5-2-6-10-14/h1-10,19H,11-12H2,(H,18,22). The number of aromatic nitrogens is 2. The zero-order chi connectivity index (χ0) is 18.4. The average Bonchev–Trinajstić information content (AvgIpc) is 3.14. The Morgan fingerprint density at radius 2 is 1.46 bits per heavy atom. The lowest BCUT2D eigenvalue weighted by atomic mass is 10.2. The van der Waals surface area contributed by atoms with Gasteiger partial charge in [-0.2, -0.15) is 0 Å². The molecule has 1 amide bonds. The Balaban J connectivity index is 1.54. The van der Waals surface area contributed by atoms with Crippen molar-refractivity contribution in [3.05, 3.63) is 78.0 Å². The van der Waals surface area contributed by atoms with Gasteiger partial charge in [0.05, 0.1) is 18.0 Å². The highest BCUT2D eigenvalue weighted by molar-refractivity contribution is 7.89. The zero-order valence-corrected chi connectivity index (χ0v) is 14.4. The van der Waals surface area contributed by atoms with Gasteiger partial charge < -0.3 is 9.73 Å². The molecule has 26 heavy (non-hydrogen) atoms. The summed E-state index contributed by atoms with van der Waals surface area (Å²) in [5.41, 5.74) is 0.517. The molecule has 0 spiro atoms. The Kier molecular flexibility index (Phi) is 5.40. The van der Waals surface area contributed by atoms with Crippen LogP contribution >= 0.6 is 0 Å². The highest BCUT2D eigenvalue weighted by Crippen LogP contribution is 2.08. The van der Waals surface area contributed by atoms with Crippen molar-refractivity contribution in [3.8, 4) is 0 Å². The van der Waals surface area contributed by atoms with E-state index in [2.05, 4.69) is 20.2 Å². The summed E-state index contributed by atoms with van der Waals surface area (Å²) in [6.07, 6.45) is 0. The van der Waals surface area contributed by atoms with Crippen molar-refractivity contribution < 1.29 is 17.6 Å². The topological polar surface area (TPSA) is 114 Å². The molecule has 1 heterocycles. The molecule has 0 aliphatic carbocycles. The van der Waals surface area contributed by atoms with Gasteiger partial charge in [-0.05, 0) is 24.3 Å². The average molecular weight is 372 g/mol. The van der Waals surface area contributed by atoms with E-state index in [0.717, 1.165) is 0 Å². The van der Waals surface area contributed by atoms with E-state index in [9.17, 15) is 13.2 Å². The van der Waals surface area contributed by atoms with Gasteiger partial charge in [-0.1, -0.05) is 36.4 Å². The van der Waals surface area contributed by atoms with Crippen LogP contribution < -0.4 is 10.0 Å². The molecule has 0 fully saturated rings. The van der Waals surface area contributed by atoms with Gasteiger partial charge in [-0.3, -0.25) is 4.79 Å². The van der Waals surface area contributed by atoms with Crippen LogP contribution in [0.2, 0.25) is 0 Å². The van der Waals surface area contributed by atoms with Crippen LogP contribution in [0.3, 0.4) is 0 Å². The van der Waals surface area contributed by atoms with E-state index < -0.39 is 10.0 Å². The second kappa shape index (κ2) is 7.89. The van der Waals surface area contributed by atoms with Crippen LogP contribution in [-0.4, -0.2) is 24.5 Å². The Labute approximate surface area is 150 Å². The number of hydrogen-bond donors (Lipinski definition) is 2. The molecule has 0 aliphatic heterocycles. The third-order valence-corrected chi connectivity index (χ3v) is 4.83. The Morgan fingerprint density at radius 3 is 2.12 bits per heavy atom. The Morgan fingerprint density at radius 1 is 0.885 bits per heavy atom. The summed E-state index contributed by atoms with van der Waals surface area (Å²) in [5, 5.41) is 10.2. The van der Waals surface area contributed by atoms with E-state index in [1.165, 1.54) is 12.1 Å². The number of benzene rings is 2. The second-order valence-electron chi connectivity index (χ2n) is 5.28. The molecule has 2 aromatic carbocycles. The normalized spacial score (nSPS) is 11.2. The molecule has 134 valence electrons. The largest absolute Gasteiger partial charge is 0.422 e. The quantitative estimate of drug-likeness (QED) is 0.649. The highest BCUT2D eigenvalue weighted by atomic mass is 32.2. The molecule has 0 atom stereocenters. The number of amides is 1. The lowest BCUT2D eigenvalue weighted by Gasteiger charge is -2.04. The van der Waals surface area contributed by atoms with Crippen LogP contribution in [0.5, 0.6) is 0 Å². The van der Waals surface area contributed by atoms with Crippen molar-refractivity contribution in [3.63, 3.8) is 0 Å². The fraction of sp³-hybridized carbons (Fsp3) is 0.118. The third kappa shape index (κ3) is 4.52. The van der Waals surface area contributed by atoms with Crippen molar-refractivity contribution in [2.24, 2.45) is 0 Å². The minimum absolute atomic E-state index is 0.0478. The molecule has 0 unspecified atom stereocenters. The van der Waals surface area contributed by atoms with Crippen molar-refractivity contribution in [2.75, 3.05) is 0 Å². The van der Waals surface area contributed by atoms with Crippen LogP contribution in [0.25, 0.3) is 0 Å². The molecular weight excluding hydrogens is 356 g/mol. The minimum Gasteiger partial charge on any atom is -0.422 e. The molecule has 0 aliphatic rings. The maximum Gasteiger partial charge on any atom is 0.251 e. The van der Waals surface area contributed by atoms with Gasteiger partial charge in [0.2, 0.25) is 21.8 Å². The summed E-state index contributed by atoms with van der Waals surface area (Å²) in [6.45, 7) is -0.0942. The number of carbonyl (C=O) groups excluding carboxylic acids is 1. The molecule has 0 saturated heterocycles. The smallest absolute Gasteiger partial charge is 0.251 e. The van der Waals surface area contributed by atoms with Crippen LogP contribution in [-0.2, 0) is 23.1 Å². The van der Waals surface area contributed by atoms with E-state index in [0.29, 0.717) is 5.56 Å². The lowest BCUT2D eigenvalue weighted by Crippen LogP contribution is -2.23. The van der Waals surface area contributed by atoms with Crippen molar-refractivity contribution in [2.45, 2.75) is 18.0 Å². The van der Waals surface area contributed by atoms with E-state index >= 15 is 0 Å². The van der Waals surface area contributed by atoms with Gasteiger partial charge in [0.25, 0.3) is 5.91 Å². The first-order valence-corrected chi connectivity index (χ1v) is 9.22. The third-order valence-electron chi connectivity index (χ3n) is 3.41. The van der Waals surface area contributed by atoms with Gasteiger partial charge in [0.1, 0.15) is 0 Å². The van der Waals surface area contributed by atoms with Gasteiger partial charge in [-0.25, -0.2) is 13.1 Å². The molecule has 1 aromatic heterocycles.